The van der Waals surface area contributed by atoms with E-state index in [1.54, 1.807) is 12.1 Å². The topological polar surface area (TPSA) is 70.4 Å². The lowest BCUT2D eigenvalue weighted by Crippen LogP contribution is -2.37. The quantitative estimate of drug-likeness (QED) is 0.722. The summed E-state index contributed by atoms with van der Waals surface area (Å²) in [6.07, 6.45) is 1.14. The molecule has 0 saturated heterocycles. The van der Waals surface area contributed by atoms with E-state index in [0.717, 1.165) is 6.26 Å². The average Bonchev–Trinajstić information content (AvgIpc) is 2.26. The normalized spacial score (nSPS) is 14.9. The highest BCUT2D eigenvalue weighted by molar-refractivity contribution is 7.92. The summed E-state index contributed by atoms with van der Waals surface area (Å²) in [5.41, 5.74) is 0.853. The minimum Gasteiger partial charge on any atom is -0.489 e. The fraction of sp³-hybridized carbons (Fsp3) is 0.300. The molecule has 84 valence electrons. The summed E-state index contributed by atoms with van der Waals surface area (Å²) < 4.78 is 29.7. The Labute approximate surface area is 93.9 Å². The van der Waals surface area contributed by atoms with Crippen LogP contribution in [-0.4, -0.2) is 27.8 Å². The van der Waals surface area contributed by atoms with Crippen LogP contribution in [0.3, 0.4) is 0 Å². The smallest absolute Gasteiger partial charge is 0.232 e. The Hall–Kier alpha value is -1.74. The fourth-order valence-corrected chi connectivity index (χ4v) is 2.51. The number of hydrogen-bond acceptors (Lipinski definition) is 4. The van der Waals surface area contributed by atoms with Crippen molar-refractivity contribution in [2.75, 3.05) is 23.7 Å². The van der Waals surface area contributed by atoms with Gasteiger partial charge < -0.3 is 4.74 Å². The lowest BCUT2D eigenvalue weighted by Gasteiger charge is -2.29. The molecule has 0 bridgehead atoms. The number of benzene rings is 1. The number of nitriles is 1. The molecule has 1 aliphatic heterocycles. The van der Waals surface area contributed by atoms with E-state index >= 15 is 0 Å². The van der Waals surface area contributed by atoms with Crippen molar-refractivity contribution in [3.05, 3.63) is 23.8 Å². The molecule has 0 radical (unpaired) electrons. The monoisotopic (exact) mass is 238 g/mol. The van der Waals surface area contributed by atoms with Gasteiger partial charge in [0, 0.05) is 0 Å². The lowest BCUT2D eigenvalue weighted by atomic mass is 10.2. The minimum absolute atomic E-state index is 0.278. The van der Waals surface area contributed by atoms with Gasteiger partial charge in [-0.1, -0.05) is 0 Å². The van der Waals surface area contributed by atoms with Crippen LogP contribution < -0.4 is 9.04 Å². The van der Waals surface area contributed by atoms with Crippen molar-refractivity contribution in [2.45, 2.75) is 0 Å². The van der Waals surface area contributed by atoms with Crippen molar-refractivity contribution >= 4 is 15.7 Å². The van der Waals surface area contributed by atoms with Crippen molar-refractivity contribution in [2.24, 2.45) is 0 Å². The van der Waals surface area contributed by atoms with E-state index in [-0.39, 0.29) is 6.54 Å². The van der Waals surface area contributed by atoms with Gasteiger partial charge in [0.1, 0.15) is 12.4 Å². The Bertz CT molecular complexity index is 560. The highest BCUT2D eigenvalue weighted by atomic mass is 32.2. The molecule has 5 nitrogen and oxygen atoms in total. The number of rotatable bonds is 1. The molecule has 1 heterocycles. The van der Waals surface area contributed by atoms with Gasteiger partial charge in [-0.2, -0.15) is 5.26 Å². The van der Waals surface area contributed by atoms with Gasteiger partial charge in [-0.15, -0.1) is 0 Å². The summed E-state index contributed by atoms with van der Waals surface area (Å²) in [6.45, 7) is 0.604. The Balaban J connectivity index is 2.57. The summed E-state index contributed by atoms with van der Waals surface area (Å²) in [5, 5.41) is 8.77. The lowest BCUT2D eigenvalue weighted by molar-refractivity contribution is 0.316. The molecule has 0 aliphatic carbocycles. The van der Waals surface area contributed by atoms with E-state index in [1.165, 1.54) is 10.4 Å². The predicted octanol–water partition coefficient (Wildman–Crippen LogP) is 0.717. The summed E-state index contributed by atoms with van der Waals surface area (Å²) >= 11 is 0. The second-order valence-electron chi connectivity index (χ2n) is 3.48. The molecule has 0 spiro atoms. The van der Waals surface area contributed by atoms with Gasteiger partial charge in [-0.05, 0) is 18.2 Å². The summed E-state index contributed by atoms with van der Waals surface area (Å²) in [7, 11) is -3.32. The molecule has 0 unspecified atom stereocenters. The standard InChI is InChI=1S/C10H10N2O3S/c1-16(13,14)12-4-5-15-10-3-2-8(7-11)6-9(10)12/h2-3,6H,4-5H2,1H3. The molecule has 0 amide bonds. The first-order chi connectivity index (χ1) is 7.52. The largest absolute Gasteiger partial charge is 0.489 e. The molecule has 0 aromatic heterocycles. The van der Waals surface area contributed by atoms with E-state index in [4.69, 9.17) is 10.00 Å². The molecule has 1 aliphatic rings. The Morgan fingerprint density at radius 2 is 2.25 bits per heavy atom. The molecular formula is C10H10N2O3S. The van der Waals surface area contributed by atoms with Crippen LogP contribution >= 0.6 is 0 Å². The van der Waals surface area contributed by atoms with Crippen LogP contribution in [-0.2, 0) is 10.0 Å². The molecular weight excluding hydrogens is 228 g/mol. The maximum Gasteiger partial charge on any atom is 0.232 e. The zero-order valence-electron chi connectivity index (χ0n) is 8.67. The molecule has 0 saturated carbocycles. The van der Waals surface area contributed by atoms with Crippen molar-refractivity contribution in [1.82, 2.24) is 0 Å². The first-order valence-electron chi connectivity index (χ1n) is 4.67. The number of sulfonamides is 1. The summed E-state index contributed by atoms with van der Waals surface area (Å²) in [5.74, 6) is 0.496. The molecule has 6 heteroatoms. The third-order valence-electron chi connectivity index (χ3n) is 2.31. The first kappa shape index (κ1) is 10.8. The van der Waals surface area contributed by atoms with Crippen LogP contribution in [0.2, 0.25) is 0 Å². The fourth-order valence-electron chi connectivity index (χ4n) is 1.61. The van der Waals surface area contributed by atoms with Gasteiger partial charge in [0.25, 0.3) is 0 Å². The molecule has 0 N–H and O–H groups in total. The van der Waals surface area contributed by atoms with Gasteiger partial charge in [0.2, 0.25) is 10.0 Å². The SMILES string of the molecule is CS(=O)(=O)N1CCOc2ccc(C#N)cc21. The van der Waals surface area contributed by atoms with Crippen molar-refractivity contribution < 1.29 is 13.2 Å². The van der Waals surface area contributed by atoms with Crippen LogP contribution in [0, 0.1) is 11.3 Å². The molecule has 16 heavy (non-hydrogen) atoms. The Morgan fingerprint density at radius 1 is 1.50 bits per heavy atom. The van der Waals surface area contributed by atoms with E-state index in [2.05, 4.69) is 0 Å². The van der Waals surface area contributed by atoms with Gasteiger partial charge in [0.05, 0.1) is 30.1 Å². The van der Waals surface area contributed by atoms with Crippen LogP contribution in [0.25, 0.3) is 0 Å². The highest BCUT2D eigenvalue weighted by Crippen LogP contribution is 2.33. The number of anilines is 1. The molecule has 0 atom stereocenters. The second kappa shape index (κ2) is 3.68. The van der Waals surface area contributed by atoms with Crippen LogP contribution in [0.4, 0.5) is 5.69 Å². The van der Waals surface area contributed by atoms with Crippen molar-refractivity contribution in [3.8, 4) is 11.8 Å². The third kappa shape index (κ3) is 1.82. The molecule has 0 fully saturated rings. The number of hydrogen-bond donors (Lipinski definition) is 0. The number of fused-ring (bicyclic) bond motifs is 1. The zero-order chi connectivity index (χ0) is 11.8. The molecule has 2 rings (SSSR count). The summed E-state index contributed by atoms with van der Waals surface area (Å²) in [4.78, 5) is 0. The van der Waals surface area contributed by atoms with Crippen LogP contribution in [0.5, 0.6) is 5.75 Å². The molecule has 1 aromatic rings. The van der Waals surface area contributed by atoms with Crippen LogP contribution in [0.15, 0.2) is 18.2 Å². The van der Waals surface area contributed by atoms with Crippen LogP contribution in [0.1, 0.15) is 5.56 Å². The van der Waals surface area contributed by atoms with Gasteiger partial charge in [0.15, 0.2) is 0 Å². The first-order valence-corrected chi connectivity index (χ1v) is 6.52. The zero-order valence-corrected chi connectivity index (χ0v) is 9.49. The highest BCUT2D eigenvalue weighted by Gasteiger charge is 2.25. The minimum atomic E-state index is -3.32. The number of nitrogens with zero attached hydrogens (tertiary/aromatic N) is 2. The van der Waals surface area contributed by atoms with Gasteiger partial charge >= 0.3 is 0 Å². The Morgan fingerprint density at radius 3 is 2.88 bits per heavy atom. The third-order valence-corrected chi connectivity index (χ3v) is 3.49. The Kier molecular flexibility index (Phi) is 2.48. The van der Waals surface area contributed by atoms with E-state index in [1.807, 2.05) is 6.07 Å². The average molecular weight is 238 g/mol. The maximum atomic E-state index is 11.5. The summed E-state index contributed by atoms with van der Waals surface area (Å²) in [6, 6.07) is 6.71. The van der Waals surface area contributed by atoms with Crippen molar-refractivity contribution in [3.63, 3.8) is 0 Å². The van der Waals surface area contributed by atoms with Gasteiger partial charge in [-0.25, -0.2) is 8.42 Å². The molecule has 1 aromatic carbocycles. The number of ether oxygens (including phenoxy) is 1. The maximum absolute atomic E-state index is 11.5. The van der Waals surface area contributed by atoms with E-state index in [0.29, 0.717) is 23.6 Å². The van der Waals surface area contributed by atoms with Crippen molar-refractivity contribution in [1.29, 1.82) is 5.26 Å². The predicted molar refractivity (Wildman–Crippen MR) is 58.8 cm³/mol. The van der Waals surface area contributed by atoms with E-state index < -0.39 is 10.0 Å². The van der Waals surface area contributed by atoms with Gasteiger partial charge in [-0.3, -0.25) is 4.31 Å². The second-order valence-corrected chi connectivity index (χ2v) is 5.38. The van der Waals surface area contributed by atoms with E-state index in [9.17, 15) is 8.42 Å².